The Morgan fingerprint density at radius 3 is 2.79 bits per heavy atom. The van der Waals surface area contributed by atoms with Crippen LogP contribution in [0.25, 0.3) is 0 Å². The number of carboxylic acid groups (broad SMARTS) is 1. The van der Waals surface area contributed by atoms with Crippen LogP contribution in [0.15, 0.2) is 12.4 Å². The maximum atomic E-state index is 11.2. The third kappa shape index (κ3) is 2.70. The van der Waals surface area contributed by atoms with Crippen LogP contribution in [0.1, 0.15) is 10.5 Å². The minimum absolute atomic E-state index is 0.0405. The van der Waals surface area contributed by atoms with Crippen molar-refractivity contribution in [3.63, 3.8) is 0 Å². The van der Waals surface area contributed by atoms with Gasteiger partial charge in [-0.1, -0.05) is 0 Å². The van der Waals surface area contributed by atoms with Gasteiger partial charge in [0.2, 0.25) is 0 Å². The van der Waals surface area contributed by atoms with E-state index in [-0.39, 0.29) is 11.5 Å². The lowest BCUT2D eigenvalue weighted by Gasteiger charge is -2.00. The van der Waals surface area contributed by atoms with Crippen LogP contribution in [0.2, 0.25) is 0 Å². The molecule has 7 nitrogen and oxygen atoms in total. The van der Waals surface area contributed by atoms with Gasteiger partial charge in [0.1, 0.15) is 24.4 Å². The number of nitrogens with two attached hydrogens (primary N) is 1. The van der Waals surface area contributed by atoms with Crippen LogP contribution in [0.5, 0.6) is 0 Å². The Kier molecular flexibility index (Phi) is 2.95. The molecule has 0 aliphatic carbocycles. The lowest BCUT2D eigenvalue weighted by Crippen LogP contribution is -2.29. The fraction of sp³-hybridized carbons (Fsp3) is 0.143. The summed E-state index contributed by atoms with van der Waals surface area (Å²) in [4.78, 5) is 28.5. The molecule has 0 atom stereocenters. The van der Waals surface area contributed by atoms with Crippen LogP contribution in [-0.4, -0.2) is 33.5 Å². The zero-order valence-corrected chi connectivity index (χ0v) is 7.10. The maximum absolute atomic E-state index is 11.2. The second-order valence-corrected chi connectivity index (χ2v) is 2.40. The number of nitrogen functional groups attached to an aromatic ring is 1. The number of hydrogen-bond donors (Lipinski definition) is 3. The number of aromatic nitrogens is 2. The van der Waals surface area contributed by atoms with E-state index in [0.29, 0.717) is 0 Å². The molecule has 0 bridgehead atoms. The molecule has 74 valence electrons. The van der Waals surface area contributed by atoms with Crippen molar-refractivity contribution in [1.82, 2.24) is 15.3 Å². The van der Waals surface area contributed by atoms with Gasteiger partial charge in [-0.3, -0.25) is 9.59 Å². The number of anilines is 1. The highest BCUT2D eigenvalue weighted by Crippen LogP contribution is 1.97. The van der Waals surface area contributed by atoms with E-state index in [2.05, 4.69) is 15.3 Å². The number of rotatable bonds is 3. The standard InChI is InChI=1S/C7H8N4O3/c8-5-1-4(10-3-11-5)7(14)9-2-6(12)13/h1,3H,2H2,(H,9,14)(H,12,13)(H2,8,10,11). The number of nitrogens with one attached hydrogen (secondary N) is 1. The molecule has 1 heterocycles. The van der Waals surface area contributed by atoms with Crippen LogP contribution in [-0.2, 0) is 4.79 Å². The molecule has 0 aromatic carbocycles. The van der Waals surface area contributed by atoms with E-state index >= 15 is 0 Å². The Labute approximate surface area is 79.0 Å². The molecule has 0 aliphatic rings. The molecule has 1 rings (SSSR count). The van der Waals surface area contributed by atoms with E-state index in [0.717, 1.165) is 6.33 Å². The molecule has 0 saturated heterocycles. The molecule has 1 aromatic heterocycles. The summed E-state index contributed by atoms with van der Waals surface area (Å²) in [5.41, 5.74) is 5.35. The molecule has 1 amide bonds. The Morgan fingerprint density at radius 1 is 1.50 bits per heavy atom. The monoisotopic (exact) mass is 196 g/mol. The van der Waals surface area contributed by atoms with Gasteiger partial charge in [0, 0.05) is 6.07 Å². The molecule has 4 N–H and O–H groups in total. The average Bonchev–Trinajstić information content (AvgIpc) is 2.14. The summed E-state index contributed by atoms with van der Waals surface area (Å²) >= 11 is 0. The molecule has 0 aliphatic heterocycles. The first-order chi connectivity index (χ1) is 6.59. The molecule has 0 fully saturated rings. The Morgan fingerprint density at radius 2 is 2.21 bits per heavy atom. The number of carboxylic acids is 1. The third-order valence-electron chi connectivity index (χ3n) is 1.32. The van der Waals surface area contributed by atoms with Gasteiger partial charge in [-0.25, -0.2) is 9.97 Å². The summed E-state index contributed by atoms with van der Waals surface area (Å²) in [5.74, 6) is -1.57. The van der Waals surface area contributed by atoms with Crippen LogP contribution in [0.4, 0.5) is 5.82 Å². The minimum atomic E-state index is -1.12. The predicted molar refractivity (Wildman–Crippen MR) is 46.4 cm³/mol. The molecular weight excluding hydrogens is 188 g/mol. The summed E-state index contributed by atoms with van der Waals surface area (Å²) in [6.07, 6.45) is 1.13. The summed E-state index contributed by atoms with van der Waals surface area (Å²) < 4.78 is 0. The van der Waals surface area contributed by atoms with Gasteiger partial charge in [-0.2, -0.15) is 0 Å². The van der Waals surface area contributed by atoms with E-state index in [1.165, 1.54) is 6.07 Å². The van der Waals surface area contributed by atoms with Crippen molar-refractivity contribution >= 4 is 17.7 Å². The Bertz CT molecular complexity index is 366. The number of carbonyl (C=O) groups excluding carboxylic acids is 1. The van der Waals surface area contributed by atoms with Crippen molar-refractivity contribution in [3.8, 4) is 0 Å². The maximum Gasteiger partial charge on any atom is 0.322 e. The highest BCUT2D eigenvalue weighted by molar-refractivity contribution is 5.94. The quantitative estimate of drug-likeness (QED) is 0.563. The van der Waals surface area contributed by atoms with Gasteiger partial charge < -0.3 is 16.2 Å². The van der Waals surface area contributed by atoms with E-state index in [9.17, 15) is 9.59 Å². The normalized spacial score (nSPS) is 9.43. The summed E-state index contributed by atoms with van der Waals surface area (Å²) in [5, 5.41) is 10.4. The first kappa shape index (κ1) is 9.90. The summed E-state index contributed by atoms with van der Waals surface area (Å²) in [7, 11) is 0. The van der Waals surface area contributed by atoms with Gasteiger partial charge in [0.05, 0.1) is 0 Å². The average molecular weight is 196 g/mol. The summed E-state index contributed by atoms with van der Waals surface area (Å²) in [6.45, 7) is -0.456. The summed E-state index contributed by atoms with van der Waals surface area (Å²) in [6, 6.07) is 1.26. The Hall–Kier alpha value is -2.18. The van der Waals surface area contributed by atoms with E-state index in [4.69, 9.17) is 10.8 Å². The highest BCUT2D eigenvalue weighted by Gasteiger charge is 2.08. The predicted octanol–water partition coefficient (Wildman–Crippen LogP) is -1.13. The van der Waals surface area contributed by atoms with Crippen LogP contribution >= 0.6 is 0 Å². The lowest BCUT2D eigenvalue weighted by molar-refractivity contribution is -0.135. The SMILES string of the molecule is Nc1cc(C(=O)NCC(=O)O)ncn1. The highest BCUT2D eigenvalue weighted by atomic mass is 16.4. The van der Waals surface area contributed by atoms with E-state index < -0.39 is 18.4 Å². The zero-order valence-electron chi connectivity index (χ0n) is 7.10. The van der Waals surface area contributed by atoms with Gasteiger partial charge >= 0.3 is 5.97 Å². The molecule has 14 heavy (non-hydrogen) atoms. The van der Waals surface area contributed by atoms with Crippen molar-refractivity contribution < 1.29 is 14.7 Å². The van der Waals surface area contributed by atoms with Gasteiger partial charge in [0.25, 0.3) is 5.91 Å². The first-order valence-electron chi connectivity index (χ1n) is 3.67. The molecule has 0 radical (unpaired) electrons. The van der Waals surface area contributed by atoms with Gasteiger partial charge in [-0.05, 0) is 0 Å². The lowest BCUT2D eigenvalue weighted by atomic mass is 10.3. The van der Waals surface area contributed by atoms with Gasteiger partial charge in [-0.15, -0.1) is 0 Å². The van der Waals surface area contributed by atoms with E-state index in [1.54, 1.807) is 0 Å². The van der Waals surface area contributed by atoms with Crippen LogP contribution < -0.4 is 11.1 Å². The molecular formula is C7H8N4O3. The zero-order chi connectivity index (χ0) is 10.6. The molecule has 7 heteroatoms. The van der Waals surface area contributed by atoms with Crippen molar-refractivity contribution in [2.24, 2.45) is 0 Å². The van der Waals surface area contributed by atoms with E-state index in [1.807, 2.05) is 0 Å². The smallest absolute Gasteiger partial charge is 0.322 e. The number of carbonyl (C=O) groups is 2. The van der Waals surface area contributed by atoms with Crippen LogP contribution in [0.3, 0.4) is 0 Å². The first-order valence-corrected chi connectivity index (χ1v) is 3.67. The van der Waals surface area contributed by atoms with Gasteiger partial charge in [0.15, 0.2) is 0 Å². The molecule has 1 aromatic rings. The van der Waals surface area contributed by atoms with Crippen molar-refractivity contribution in [2.75, 3.05) is 12.3 Å². The third-order valence-corrected chi connectivity index (χ3v) is 1.32. The second-order valence-electron chi connectivity index (χ2n) is 2.40. The fourth-order valence-electron chi connectivity index (χ4n) is 0.743. The second kappa shape index (κ2) is 4.17. The fourth-order valence-corrected chi connectivity index (χ4v) is 0.743. The number of hydrogen-bond acceptors (Lipinski definition) is 5. The number of aliphatic carboxylic acids is 1. The van der Waals surface area contributed by atoms with Crippen molar-refractivity contribution in [1.29, 1.82) is 0 Å². The molecule has 0 saturated carbocycles. The number of nitrogens with zero attached hydrogens (tertiary/aromatic N) is 2. The number of amides is 1. The minimum Gasteiger partial charge on any atom is -0.480 e. The van der Waals surface area contributed by atoms with Crippen molar-refractivity contribution in [3.05, 3.63) is 18.1 Å². The van der Waals surface area contributed by atoms with Crippen LogP contribution in [0, 0.1) is 0 Å². The van der Waals surface area contributed by atoms with Crippen molar-refractivity contribution in [2.45, 2.75) is 0 Å². The largest absolute Gasteiger partial charge is 0.480 e. The molecule has 0 unspecified atom stereocenters. The molecule has 0 spiro atoms. The topological polar surface area (TPSA) is 118 Å². The Balaban J connectivity index is 2.65.